The maximum atomic E-state index is 11.3. The number of carbonyl (C=O) groups excluding carboxylic acids is 1. The van der Waals surface area contributed by atoms with Crippen LogP contribution in [0.1, 0.15) is 27.3 Å². The summed E-state index contributed by atoms with van der Waals surface area (Å²) in [5.41, 5.74) is 4.66. The van der Waals surface area contributed by atoms with E-state index in [0.717, 1.165) is 17.6 Å². The number of aryl methyl sites for hydroxylation is 1. The van der Waals surface area contributed by atoms with Crippen LogP contribution < -0.4 is 0 Å². The first kappa shape index (κ1) is 11.7. The van der Waals surface area contributed by atoms with E-state index >= 15 is 0 Å². The van der Waals surface area contributed by atoms with E-state index in [2.05, 4.69) is 30.1 Å². The van der Waals surface area contributed by atoms with Gasteiger partial charge in [0.25, 0.3) is 0 Å². The standard InChI is InChI=1S/C16H14N2O/c1-12-5-4-6-13(9-12)10-14-15(11-19)18-8-3-2-7-16(18)17-14/h2-9,11H,10H2,1H3. The van der Waals surface area contributed by atoms with Gasteiger partial charge in [0, 0.05) is 12.6 Å². The molecule has 0 amide bonds. The molecule has 19 heavy (non-hydrogen) atoms. The minimum absolute atomic E-state index is 0.636. The summed E-state index contributed by atoms with van der Waals surface area (Å²) in [5, 5.41) is 0. The molecule has 94 valence electrons. The van der Waals surface area contributed by atoms with E-state index in [0.29, 0.717) is 12.1 Å². The molecular formula is C16H14N2O. The van der Waals surface area contributed by atoms with Gasteiger partial charge in [0.15, 0.2) is 6.29 Å². The SMILES string of the molecule is Cc1cccc(Cc2nc3ccccn3c2C=O)c1. The lowest BCUT2D eigenvalue weighted by atomic mass is 10.1. The summed E-state index contributed by atoms with van der Waals surface area (Å²) >= 11 is 0. The van der Waals surface area contributed by atoms with Gasteiger partial charge in [0.05, 0.1) is 5.69 Å². The van der Waals surface area contributed by atoms with E-state index < -0.39 is 0 Å². The molecule has 3 nitrogen and oxygen atoms in total. The van der Waals surface area contributed by atoms with Crippen LogP contribution in [0.5, 0.6) is 0 Å². The first-order chi connectivity index (χ1) is 9.28. The molecule has 0 unspecified atom stereocenters. The van der Waals surface area contributed by atoms with Crippen molar-refractivity contribution in [3.63, 3.8) is 0 Å². The fourth-order valence-electron chi connectivity index (χ4n) is 2.33. The average molecular weight is 250 g/mol. The summed E-state index contributed by atoms with van der Waals surface area (Å²) < 4.78 is 1.83. The Bertz CT molecular complexity index is 743. The Balaban J connectivity index is 2.07. The molecular weight excluding hydrogens is 236 g/mol. The van der Waals surface area contributed by atoms with Crippen molar-refractivity contribution in [1.29, 1.82) is 0 Å². The number of nitrogens with zero attached hydrogens (tertiary/aromatic N) is 2. The van der Waals surface area contributed by atoms with Gasteiger partial charge < -0.3 is 0 Å². The van der Waals surface area contributed by atoms with E-state index in [-0.39, 0.29) is 0 Å². The van der Waals surface area contributed by atoms with Crippen LogP contribution >= 0.6 is 0 Å². The molecule has 0 fully saturated rings. The Morgan fingerprint density at radius 2 is 2.11 bits per heavy atom. The molecule has 0 spiro atoms. The molecule has 2 aromatic heterocycles. The average Bonchev–Trinajstić information content (AvgIpc) is 2.75. The lowest BCUT2D eigenvalue weighted by Gasteiger charge is -2.01. The summed E-state index contributed by atoms with van der Waals surface area (Å²) in [7, 11) is 0. The Hall–Kier alpha value is -2.42. The van der Waals surface area contributed by atoms with Crippen molar-refractivity contribution >= 4 is 11.9 Å². The van der Waals surface area contributed by atoms with E-state index in [1.807, 2.05) is 34.9 Å². The van der Waals surface area contributed by atoms with E-state index in [4.69, 9.17) is 0 Å². The Morgan fingerprint density at radius 3 is 2.89 bits per heavy atom. The lowest BCUT2D eigenvalue weighted by molar-refractivity contribution is 0.111. The van der Waals surface area contributed by atoms with Crippen molar-refractivity contribution in [2.45, 2.75) is 13.3 Å². The molecule has 3 rings (SSSR count). The maximum absolute atomic E-state index is 11.3. The van der Waals surface area contributed by atoms with Crippen molar-refractivity contribution in [1.82, 2.24) is 9.38 Å². The van der Waals surface area contributed by atoms with Crippen LogP contribution in [0, 0.1) is 6.92 Å². The zero-order valence-electron chi connectivity index (χ0n) is 10.7. The number of fused-ring (bicyclic) bond motifs is 1. The molecule has 3 heteroatoms. The Morgan fingerprint density at radius 1 is 1.21 bits per heavy atom. The van der Waals surface area contributed by atoms with E-state index in [1.54, 1.807) is 0 Å². The van der Waals surface area contributed by atoms with Crippen molar-refractivity contribution in [2.75, 3.05) is 0 Å². The number of hydrogen-bond donors (Lipinski definition) is 0. The molecule has 0 N–H and O–H groups in total. The van der Waals surface area contributed by atoms with Gasteiger partial charge in [-0.25, -0.2) is 4.98 Å². The fraction of sp³-hybridized carbons (Fsp3) is 0.125. The first-order valence-corrected chi connectivity index (χ1v) is 6.24. The van der Waals surface area contributed by atoms with Gasteiger partial charge in [0.2, 0.25) is 0 Å². The summed E-state index contributed by atoms with van der Waals surface area (Å²) in [6.45, 7) is 2.06. The van der Waals surface area contributed by atoms with Crippen molar-refractivity contribution in [2.24, 2.45) is 0 Å². The highest BCUT2D eigenvalue weighted by Gasteiger charge is 2.11. The zero-order valence-corrected chi connectivity index (χ0v) is 10.7. The van der Waals surface area contributed by atoms with Gasteiger partial charge in [-0.2, -0.15) is 0 Å². The third-order valence-corrected chi connectivity index (χ3v) is 3.21. The monoisotopic (exact) mass is 250 g/mol. The van der Waals surface area contributed by atoms with Gasteiger partial charge in [-0.3, -0.25) is 9.20 Å². The Labute approximate surface area is 111 Å². The molecule has 0 atom stereocenters. The second-order valence-corrected chi connectivity index (χ2v) is 4.66. The molecule has 2 heterocycles. The largest absolute Gasteiger partial charge is 0.297 e. The van der Waals surface area contributed by atoms with E-state index in [1.165, 1.54) is 11.1 Å². The topological polar surface area (TPSA) is 34.4 Å². The van der Waals surface area contributed by atoms with Gasteiger partial charge >= 0.3 is 0 Å². The highest BCUT2D eigenvalue weighted by atomic mass is 16.1. The van der Waals surface area contributed by atoms with E-state index in [9.17, 15) is 4.79 Å². The van der Waals surface area contributed by atoms with Crippen LogP contribution in [0.3, 0.4) is 0 Å². The fourth-order valence-corrected chi connectivity index (χ4v) is 2.33. The number of rotatable bonds is 3. The number of hydrogen-bond acceptors (Lipinski definition) is 2. The summed E-state index contributed by atoms with van der Waals surface area (Å²) in [6, 6.07) is 14.0. The predicted octanol–water partition coefficient (Wildman–Crippen LogP) is 3.05. The van der Waals surface area contributed by atoms with Gasteiger partial charge in [-0.1, -0.05) is 35.9 Å². The minimum Gasteiger partial charge on any atom is -0.297 e. The van der Waals surface area contributed by atoms with Crippen LogP contribution in [-0.2, 0) is 6.42 Å². The quantitative estimate of drug-likeness (QED) is 0.669. The second-order valence-electron chi connectivity index (χ2n) is 4.66. The number of aromatic nitrogens is 2. The highest BCUT2D eigenvalue weighted by Crippen LogP contribution is 2.16. The normalized spacial score (nSPS) is 10.8. The third kappa shape index (κ3) is 2.15. The van der Waals surface area contributed by atoms with Crippen LogP contribution in [0.25, 0.3) is 5.65 Å². The smallest absolute Gasteiger partial charge is 0.168 e. The molecule has 0 saturated carbocycles. The first-order valence-electron chi connectivity index (χ1n) is 6.24. The number of aldehydes is 1. The van der Waals surface area contributed by atoms with Crippen molar-refractivity contribution in [3.8, 4) is 0 Å². The van der Waals surface area contributed by atoms with Crippen LogP contribution in [0.15, 0.2) is 48.7 Å². The number of imidazole rings is 1. The Kier molecular flexibility index (Phi) is 2.88. The lowest BCUT2D eigenvalue weighted by Crippen LogP contribution is -1.96. The number of benzene rings is 1. The van der Waals surface area contributed by atoms with Crippen molar-refractivity contribution in [3.05, 3.63) is 71.2 Å². The molecule has 0 radical (unpaired) electrons. The molecule has 0 bridgehead atoms. The van der Waals surface area contributed by atoms with Gasteiger partial charge in [0.1, 0.15) is 11.3 Å². The van der Waals surface area contributed by atoms with Crippen LogP contribution in [-0.4, -0.2) is 15.7 Å². The number of carbonyl (C=O) groups is 1. The predicted molar refractivity (Wildman–Crippen MR) is 74.6 cm³/mol. The number of pyridine rings is 1. The van der Waals surface area contributed by atoms with Gasteiger partial charge in [-0.15, -0.1) is 0 Å². The van der Waals surface area contributed by atoms with Crippen molar-refractivity contribution < 1.29 is 4.79 Å². The minimum atomic E-state index is 0.636. The summed E-state index contributed by atoms with van der Waals surface area (Å²) in [5.74, 6) is 0. The molecule has 0 saturated heterocycles. The summed E-state index contributed by atoms with van der Waals surface area (Å²) in [6.07, 6.45) is 3.42. The molecule has 0 aliphatic rings. The highest BCUT2D eigenvalue weighted by molar-refractivity contribution is 5.76. The summed E-state index contributed by atoms with van der Waals surface area (Å²) in [4.78, 5) is 15.8. The molecule has 0 aliphatic carbocycles. The third-order valence-electron chi connectivity index (χ3n) is 3.21. The maximum Gasteiger partial charge on any atom is 0.168 e. The zero-order chi connectivity index (χ0) is 13.2. The molecule has 1 aromatic carbocycles. The molecule has 0 aliphatic heterocycles. The van der Waals surface area contributed by atoms with Crippen LogP contribution in [0.2, 0.25) is 0 Å². The van der Waals surface area contributed by atoms with Crippen LogP contribution in [0.4, 0.5) is 0 Å². The van der Waals surface area contributed by atoms with Gasteiger partial charge in [-0.05, 0) is 24.6 Å². The second kappa shape index (κ2) is 4.69. The molecule has 3 aromatic rings.